The maximum absolute atomic E-state index is 12.1. The van der Waals surface area contributed by atoms with Gasteiger partial charge in [-0.2, -0.15) is 0 Å². The van der Waals surface area contributed by atoms with Crippen LogP contribution in [0.2, 0.25) is 0 Å². The topological polar surface area (TPSA) is 63.2 Å². The van der Waals surface area contributed by atoms with E-state index in [0.717, 1.165) is 6.42 Å². The number of rotatable bonds is 4. The maximum atomic E-state index is 12.1. The summed E-state index contributed by atoms with van der Waals surface area (Å²) in [5, 5.41) is 0. The minimum Gasteiger partial charge on any atom is -0.462 e. The minimum absolute atomic E-state index is 0.0929. The van der Waals surface area contributed by atoms with Crippen LogP contribution in [0.25, 0.3) is 0 Å². The zero-order valence-corrected chi connectivity index (χ0v) is 14.1. The number of carbonyl (C=O) groups excluding carboxylic acids is 1. The van der Waals surface area contributed by atoms with Gasteiger partial charge in [-0.15, -0.1) is 0 Å². The van der Waals surface area contributed by atoms with Crippen molar-refractivity contribution in [3.63, 3.8) is 0 Å². The molecule has 130 valence electrons. The molecule has 6 nitrogen and oxygen atoms in total. The summed E-state index contributed by atoms with van der Waals surface area (Å²) < 4.78 is 28.9. The van der Waals surface area contributed by atoms with E-state index in [4.69, 9.17) is 23.7 Å². The molecular weight excluding hydrogens is 312 g/mol. The molecule has 3 aliphatic rings. The minimum atomic E-state index is -0.656. The smallest absolute Gasteiger partial charge is 0.338 e. The molecule has 2 aliphatic heterocycles. The number of esters is 1. The molecule has 2 unspecified atom stereocenters. The van der Waals surface area contributed by atoms with Gasteiger partial charge in [-0.05, 0) is 32.4 Å². The fourth-order valence-electron chi connectivity index (χ4n) is 3.75. The highest BCUT2D eigenvalue weighted by Gasteiger charge is 2.73. The summed E-state index contributed by atoms with van der Waals surface area (Å²) in [6.07, 6.45) is -0.125. The fraction of sp³-hybridized carbons (Fsp3) is 0.611. The Labute approximate surface area is 141 Å². The van der Waals surface area contributed by atoms with Crippen LogP contribution in [-0.2, 0) is 23.7 Å². The van der Waals surface area contributed by atoms with Crippen LogP contribution < -0.4 is 0 Å². The zero-order chi connectivity index (χ0) is 16.9. The third-order valence-corrected chi connectivity index (χ3v) is 4.97. The first-order valence-corrected chi connectivity index (χ1v) is 8.24. The fourth-order valence-corrected chi connectivity index (χ4v) is 3.75. The van der Waals surface area contributed by atoms with E-state index in [-0.39, 0.29) is 24.1 Å². The van der Waals surface area contributed by atoms with Crippen molar-refractivity contribution in [2.24, 2.45) is 5.92 Å². The van der Waals surface area contributed by atoms with Gasteiger partial charge in [0.1, 0.15) is 17.8 Å². The van der Waals surface area contributed by atoms with Crippen molar-refractivity contribution in [1.29, 1.82) is 0 Å². The second kappa shape index (κ2) is 5.52. The van der Waals surface area contributed by atoms with Crippen LogP contribution in [0.5, 0.6) is 0 Å². The van der Waals surface area contributed by atoms with E-state index in [0.29, 0.717) is 12.2 Å². The van der Waals surface area contributed by atoms with Crippen molar-refractivity contribution in [1.82, 2.24) is 0 Å². The van der Waals surface area contributed by atoms with Crippen molar-refractivity contribution >= 4 is 5.97 Å². The second-order valence-corrected chi connectivity index (χ2v) is 7.06. The summed E-state index contributed by atoms with van der Waals surface area (Å²) in [6, 6.07) is 8.97. The summed E-state index contributed by atoms with van der Waals surface area (Å²) in [6.45, 7) is 4.08. The quantitative estimate of drug-likeness (QED) is 0.786. The van der Waals surface area contributed by atoms with Gasteiger partial charge in [-0.1, -0.05) is 18.2 Å². The Bertz CT molecular complexity index is 630. The molecule has 1 spiro atoms. The molecule has 3 fully saturated rings. The summed E-state index contributed by atoms with van der Waals surface area (Å²) in [7, 11) is 1.60. The van der Waals surface area contributed by atoms with Gasteiger partial charge in [-0.25, -0.2) is 4.79 Å². The third kappa shape index (κ3) is 2.54. The lowest BCUT2D eigenvalue weighted by atomic mass is 10.1. The van der Waals surface area contributed by atoms with Gasteiger partial charge in [-0.3, -0.25) is 0 Å². The largest absolute Gasteiger partial charge is 0.462 e. The van der Waals surface area contributed by atoms with Crippen molar-refractivity contribution in [2.75, 3.05) is 13.7 Å². The Hall–Kier alpha value is -1.47. The molecule has 1 saturated carbocycles. The molecule has 0 radical (unpaired) electrons. The average Bonchev–Trinajstić information content (AvgIpc) is 3.07. The first-order chi connectivity index (χ1) is 11.5. The van der Waals surface area contributed by atoms with E-state index in [1.54, 1.807) is 19.2 Å². The Morgan fingerprint density at radius 3 is 2.67 bits per heavy atom. The van der Waals surface area contributed by atoms with E-state index in [1.165, 1.54) is 0 Å². The summed E-state index contributed by atoms with van der Waals surface area (Å²) in [5.74, 6) is -0.883. The van der Waals surface area contributed by atoms with Gasteiger partial charge in [0.2, 0.25) is 0 Å². The molecule has 0 bridgehead atoms. The molecule has 4 rings (SSSR count). The molecule has 2 saturated heterocycles. The maximum Gasteiger partial charge on any atom is 0.338 e. The average molecular weight is 334 g/mol. The SMILES string of the molecule is CO[C@@H]1O[C@]2(C[C@H]2COC(=O)c2ccccc2)C2OC(C)(C)OC21. The molecule has 2 heterocycles. The van der Waals surface area contributed by atoms with E-state index in [9.17, 15) is 4.79 Å². The standard InChI is InChI=1S/C18H22O6/c1-17(2)22-13-14(23-17)18(24-16(13)20-3)9-12(18)10-21-15(19)11-7-5-4-6-8-11/h4-8,12-14,16H,9-10H2,1-3H3/t12-,13?,14?,16+,18-/m0/s1. The molecule has 6 heteroatoms. The van der Waals surface area contributed by atoms with Crippen LogP contribution >= 0.6 is 0 Å². The molecule has 0 aromatic heterocycles. The van der Waals surface area contributed by atoms with Crippen LogP contribution in [0.4, 0.5) is 0 Å². The molecule has 5 atom stereocenters. The third-order valence-electron chi connectivity index (χ3n) is 4.97. The van der Waals surface area contributed by atoms with E-state index >= 15 is 0 Å². The van der Waals surface area contributed by atoms with Gasteiger partial charge in [0, 0.05) is 13.0 Å². The molecule has 1 aromatic carbocycles. The number of ether oxygens (including phenoxy) is 5. The second-order valence-electron chi connectivity index (χ2n) is 7.06. The molecule has 0 N–H and O–H groups in total. The van der Waals surface area contributed by atoms with E-state index < -0.39 is 17.7 Å². The Morgan fingerprint density at radius 1 is 1.21 bits per heavy atom. The lowest BCUT2D eigenvalue weighted by molar-refractivity contribution is -0.235. The van der Waals surface area contributed by atoms with Gasteiger partial charge < -0.3 is 23.7 Å². The highest BCUT2D eigenvalue weighted by molar-refractivity contribution is 5.89. The summed E-state index contributed by atoms with van der Waals surface area (Å²) >= 11 is 0. The lowest BCUT2D eigenvalue weighted by Gasteiger charge is -2.24. The number of hydrogen-bond donors (Lipinski definition) is 0. The Kier molecular flexibility index (Phi) is 3.69. The van der Waals surface area contributed by atoms with Gasteiger partial charge in [0.15, 0.2) is 12.1 Å². The molecular formula is C18H22O6. The molecule has 0 amide bonds. The lowest BCUT2D eigenvalue weighted by Crippen LogP contribution is -2.33. The first kappa shape index (κ1) is 16.0. The number of fused-ring (bicyclic) bond motifs is 2. The van der Waals surface area contributed by atoms with Gasteiger partial charge >= 0.3 is 5.97 Å². The van der Waals surface area contributed by atoms with Crippen molar-refractivity contribution in [3.8, 4) is 0 Å². The predicted molar refractivity (Wildman–Crippen MR) is 83.3 cm³/mol. The number of benzene rings is 1. The van der Waals surface area contributed by atoms with Gasteiger partial charge in [0.25, 0.3) is 0 Å². The number of methoxy groups -OCH3 is 1. The molecule has 24 heavy (non-hydrogen) atoms. The van der Waals surface area contributed by atoms with Crippen LogP contribution in [0.3, 0.4) is 0 Å². The van der Waals surface area contributed by atoms with Crippen molar-refractivity contribution in [3.05, 3.63) is 35.9 Å². The predicted octanol–water partition coefficient (Wildman–Crippen LogP) is 2.12. The Morgan fingerprint density at radius 2 is 1.96 bits per heavy atom. The van der Waals surface area contributed by atoms with Crippen LogP contribution in [0.15, 0.2) is 30.3 Å². The van der Waals surface area contributed by atoms with Crippen LogP contribution in [0.1, 0.15) is 30.6 Å². The first-order valence-electron chi connectivity index (χ1n) is 8.24. The van der Waals surface area contributed by atoms with Crippen LogP contribution in [-0.4, -0.2) is 49.6 Å². The van der Waals surface area contributed by atoms with Crippen molar-refractivity contribution < 1.29 is 28.5 Å². The summed E-state index contributed by atoms with van der Waals surface area (Å²) in [4.78, 5) is 12.1. The van der Waals surface area contributed by atoms with Gasteiger partial charge in [0.05, 0.1) is 12.2 Å². The monoisotopic (exact) mass is 334 g/mol. The number of carbonyl (C=O) groups is 1. The van der Waals surface area contributed by atoms with E-state index in [2.05, 4.69) is 0 Å². The van der Waals surface area contributed by atoms with Crippen molar-refractivity contribution in [2.45, 2.75) is 50.2 Å². The van der Waals surface area contributed by atoms with Crippen LogP contribution in [0, 0.1) is 5.92 Å². The number of hydrogen-bond acceptors (Lipinski definition) is 6. The Balaban J connectivity index is 1.41. The molecule has 1 aromatic rings. The van der Waals surface area contributed by atoms with E-state index in [1.807, 2.05) is 32.0 Å². The molecule has 1 aliphatic carbocycles. The zero-order valence-electron chi connectivity index (χ0n) is 14.1. The highest BCUT2D eigenvalue weighted by Crippen LogP contribution is 2.60. The summed E-state index contributed by atoms with van der Waals surface area (Å²) in [5.41, 5.74) is 0.0737. The highest BCUT2D eigenvalue weighted by atomic mass is 16.8. The normalized spacial score (nSPS) is 39.0.